The van der Waals surface area contributed by atoms with Crippen molar-refractivity contribution in [2.75, 3.05) is 5.32 Å². The van der Waals surface area contributed by atoms with E-state index < -0.39 is 5.25 Å². The van der Waals surface area contributed by atoms with Gasteiger partial charge in [-0.1, -0.05) is 60.3 Å². The van der Waals surface area contributed by atoms with Crippen LogP contribution in [0.2, 0.25) is 0 Å². The number of rotatable bonds is 5. The van der Waals surface area contributed by atoms with Gasteiger partial charge in [0.25, 0.3) is 0 Å². The van der Waals surface area contributed by atoms with E-state index in [1.165, 1.54) is 11.8 Å². The van der Waals surface area contributed by atoms with Gasteiger partial charge < -0.3 is 5.32 Å². The van der Waals surface area contributed by atoms with Gasteiger partial charge in [-0.15, -0.1) is 0 Å². The van der Waals surface area contributed by atoms with Crippen molar-refractivity contribution in [2.24, 2.45) is 0 Å². The molecule has 0 aliphatic carbocycles. The molecule has 1 N–H and O–H groups in total. The molecule has 0 spiro atoms. The Morgan fingerprint density at radius 1 is 0.960 bits per heavy atom. The van der Waals surface area contributed by atoms with Crippen molar-refractivity contribution in [1.29, 1.82) is 0 Å². The van der Waals surface area contributed by atoms with Crippen LogP contribution in [0.25, 0.3) is 0 Å². The van der Waals surface area contributed by atoms with Crippen LogP contribution in [-0.4, -0.2) is 15.9 Å². The van der Waals surface area contributed by atoms with E-state index in [1.807, 2.05) is 80.6 Å². The molecule has 0 aliphatic rings. The van der Waals surface area contributed by atoms with Gasteiger partial charge in [-0.2, -0.15) is 0 Å². The number of hydrogen-bond donors (Lipinski definition) is 1. The minimum Gasteiger partial charge on any atom is -0.325 e. The first-order valence-electron chi connectivity index (χ1n) is 8.01. The number of nitrogens with one attached hydrogen (secondary N) is 1. The van der Waals surface area contributed by atoms with Crippen LogP contribution in [0.15, 0.2) is 71.8 Å². The van der Waals surface area contributed by atoms with Crippen molar-refractivity contribution in [2.45, 2.75) is 24.1 Å². The van der Waals surface area contributed by atoms with Crippen LogP contribution in [0.4, 0.5) is 5.69 Å². The van der Waals surface area contributed by atoms with Crippen LogP contribution >= 0.6 is 11.8 Å². The molecule has 0 aliphatic heterocycles. The zero-order valence-electron chi connectivity index (χ0n) is 14.1. The predicted molar refractivity (Wildman–Crippen MR) is 102 cm³/mol. The van der Waals surface area contributed by atoms with Crippen LogP contribution < -0.4 is 5.32 Å². The van der Waals surface area contributed by atoms with Gasteiger partial charge in [0, 0.05) is 11.4 Å². The highest BCUT2D eigenvalue weighted by Gasteiger charge is 2.23. The fourth-order valence-corrected chi connectivity index (χ4v) is 3.62. The maximum Gasteiger partial charge on any atom is 0.242 e. The Morgan fingerprint density at radius 2 is 1.60 bits per heavy atom. The third kappa shape index (κ3) is 4.67. The Balaban J connectivity index is 1.88. The summed E-state index contributed by atoms with van der Waals surface area (Å²) in [4.78, 5) is 21.7. The van der Waals surface area contributed by atoms with Crippen molar-refractivity contribution in [3.63, 3.8) is 0 Å². The fourth-order valence-electron chi connectivity index (χ4n) is 2.49. The third-order valence-electron chi connectivity index (χ3n) is 3.56. The maximum absolute atomic E-state index is 12.9. The molecule has 1 aromatic heterocycles. The van der Waals surface area contributed by atoms with E-state index in [9.17, 15) is 4.79 Å². The van der Waals surface area contributed by atoms with Gasteiger partial charge in [0.05, 0.1) is 0 Å². The summed E-state index contributed by atoms with van der Waals surface area (Å²) in [6.07, 6.45) is 0. The van der Waals surface area contributed by atoms with E-state index >= 15 is 0 Å². The lowest BCUT2D eigenvalue weighted by Crippen LogP contribution is -2.19. The molecule has 1 heterocycles. The van der Waals surface area contributed by atoms with Crippen LogP contribution in [-0.2, 0) is 4.79 Å². The summed E-state index contributed by atoms with van der Waals surface area (Å²) in [6, 6.07) is 21.1. The average molecular weight is 349 g/mol. The second-order valence-electron chi connectivity index (χ2n) is 5.66. The first-order chi connectivity index (χ1) is 12.1. The molecule has 1 atom stereocenters. The van der Waals surface area contributed by atoms with E-state index in [-0.39, 0.29) is 5.91 Å². The fraction of sp³-hybridized carbons (Fsp3) is 0.150. The molecular formula is C20H19N3OS. The SMILES string of the molecule is Cc1cc(SC(C(=O)Nc2ccccc2)c2ccccc2)nc(C)n1. The third-order valence-corrected chi connectivity index (χ3v) is 4.74. The minimum atomic E-state index is -0.393. The summed E-state index contributed by atoms with van der Waals surface area (Å²) in [5, 5.41) is 3.39. The molecule has 3 aromatic rings. The number of carbonyl (C=O) groups is 1. The molecule has 126 valence electrons. The Labute approximate surface area is 151 Å². The van der Waals surface area contributed by atoms with Crippen molar-refractivity contribution in [3.05, 3.63) is 83.8 Å². The number of benzene rings is 2. The van der Waals surface area contributed by atoms with Crippen LogP contribution in [0, 0.1) is 13.8 Å². The summed E-state index contributed by atoms with van der Waals surface area (Å²) in [5.74, 6) is 0.633. The number of aryl methyl sites for hydroxylation is 2. The standard InChI is InChI=1S/C20H19N3OS/c1-14-13-18(22-15(2)21-14)25-19(16-9-5-3-6-10-16)20(24)23-17-11-7-4-8-12-17/h3-13,19H,1-2H3,(H,23,24). The Bertz CT molecular complexity index is 833. The van der Waals surface area contributed by atoms with E-state index in [0.717, 1.165) is 22.0 Å². The van der Waals surface area contributed by atoms with Crippen LogP contribution in [0.1, 0.15) is 22.3 Å². The van der Waals surface area contributed by atoms with Gasteiger partial charge in [0.1, 0.15) is 16.1 Å². The van der Waals surface area contributed by atoms with E-state index in [4.69, 9.17) is 0 Å². The van der Waals surface area contributed by atoms with Gasteiger partial charge in [0.2, 0.25) is 5.91 Å². The molecule has 0 saturated heterocycles. The smallest absolute Gasteiger partial charge is 0.242 e. The van der Waals surface area contributed by atoms with Gasteiger partial charge in [-0.05, 0) is 37.6 Å². The zero-order valence-corrected chi connectivity index (χ0v) is 15.0. The molecule has 1 unspecified atom stereocenters. The number of nitrogens with zero attached hydrogens (tertiary/aromatic N) is 2. The highest BCUT2D eigenvalue weighted by Crippen LogP contribution is 2.35. The van der Waals surface area contributed by atoms with E-state index in [1.54, 1.807) is 0 Å². The maximum atomic E-state index is 12.9. The van der Waals surface area contributed by atoms with Crippen LogP contribution in [0.3, 0.4) is 0 Å². The Hall–Kier alpha value is -2.66. The van der Waals surface area contributed by atoms with E-state index in [2.05, 4.69) is 15.3 Å². The highest BCUT2D eigenvalue weighted by molar-refractivity contribution is 8.00. The monoisotopic (exact) mass is 349 g/mol. The molecule has 3 rings (SSSR count). The molecular weight excluding hydrogens is 330 g/mol. The van der Waals surface area contributed by atoms with Crippen molar-refractivity contribution in [3.8, 4) is 0 Å². The number of anilines is 1. The largest absolute Gasteiger partial charge is 0.325 e. The lowest BCUT2D eigenvalue weighted by atomic mass is 10.1. The van der Waals surface area contributed by atoms with Crippen LogP contribution in [0.5, 0.6) is 0 Å². The van der Waals surface area contributed by atoms with E-state index in [0.29, 0.717) is 5.82 Å². The molecule has 1 amide bonds. The van der Waals surface area contributed by atoms with Gasteiger partial charge in [-0.3, -0.25) is 4.79 Å². The minimum absolute atomic E-state index is 0.0729. The lowest BCUT2D eigenvalue weighted by molar-refractivity contribution is -0.115. The number of hydrogen-bond acceptors (Lipinski definition) is 4. The zero-order chi connectivity index (χ0) is 17.6. The number of aromatic nitrogens is 2. The summed E-state index contributed by atoms with van der Waals surface area (Å²) in [6.45, 7) is 3.79. The topological polar surface area (TPSA) is 54.9 Å². The summed E-state index contributed by atoms with van der Waals surface area (Å²) < 4.78 is 0. The predicted octanol–water partition coefficient (Wildman–Crippen LogP) is 4.57. The second kappa shape index (κ2) is 7.94. The molecule has 5 heteroatoms. The van der Waals surface area contributed by atoms with Crippen molar-refractivity contribution >= 4 is 23.4 Å². The average Bonchev–Trinajstić information content (AvgIpc) is 2.60. The molecule has 4 nitrogen and oxygen atoms in total. The first kappa shape index (κ1) is 17.2. The summed E-state index contributed by atoms with van der Waals surface area (Å²) >= 11 is 1.43. The molecule has 0 saturated carbocycles. The number of carbonyl (C=O) groups excluding carboxylic acids is 1. The number of thioether (sulfide) groups is 1. The first-order valence-corrected chi connectivity index (χ1v) is 8.89. The lowest BCUT2D eigenvalue weighted by Gasteiger charge is -2.17. The quantitative estimate of drug-likeness (QED) is 0.542. The summed E-state index contributed by atoms with van der Waals surface area (Å²) in [7, 11) is 0. The Morgan fingerprint density at radius 3 is 2.24 bits per heavy atom. The van der Waals surface area contributed by atoms with Gasteiger partial charge in [-0.25, -0.2) is 9.97 Å². The molecule has 0 radical (unpaired) electrons. The van der Waals surface area contributed by atoms with Crippen molar-refractivity contribution < 1.29 is 4.79 Å². The number of amides is 1. The molecule has 0 bridgehead atoms. The molecule has 2 aromatic carbocycles. The normalized spacial score (nSPS) is 11.8. The Kier molecular flexibility index (Phi) is 5.46. The molecule has 0 fully saturated rings. The highest BCUT2D eigenvalue weighted by atomic mass is 32.2. The molecule has 25 heavy (non-hydrogen) atoms. The van der Waals surface area contributed by atoms with Gasteiger partial charge >= 0.3 is 0 Å². The second-order valence-corrected chi connectivity index (χ2v) is 6.78. The van der Waals surface area contributed by atoms with Crippen molar-refractivity contribution in [1.82, 2.24) is 9.97 Å². The van der Waals surface area contributed by atoms with Gasteiger partial charge in [0.15, 0.2) is 0 Å². The number of para-hydroxylation sites is 1. The summed E-state index contributed by atoms with van der Waals surface area (Å²) in [5.41, 5.74) is 2.62.